The molecule has 1 aromatic rings. The SMILES string of the molecule is CCCCCNC(=O)C(c1ccc(O)c(C)c1)N(C(=O)C(CCC(N)=O)NC(=O)OC(C)(C)C)C(C)C. The van der Waals surface area contributed by atoms with Crippen LogP contribution in [0.15, 0.2) is 18.2 Å². The fourth-order valence-corrected chi connectivity index (χ4v) is 3.82. The lowest BCUT2D eigenvalue weighted by Gasteiger charge is -2.37. The first-order valence-electron chi connectivity index (χ1n) is 12.8. The van der Waals surface area contributed by atoms with Gasteiger partial charge in [0.05, 0.1) is 0 Å². The van der Waals surface area contributed by atoms with E-state index in [1.807, 2.05) is 0 Å². The maximum absolute atomic E-state index is 13.9. The van der Waals surface area contributed by atoms with Crippen molar-refractivity contribution in [1.82, 2.24) is 15.5 Å². The topological polar surface area (TPSA) is 151 Å². The van der Waals surface area contributed by atoms with Gasteiger partial charge in [0.25, 0.3) is 0 Å². The van der Waals surface area contributed by atoms with E-state index in [9.17, 15) is 24.3 Å². The van der Waals surface area contributed by atoms with Gasteiger partial charge in [-0.15, -0.1) is 0 Å². The average molecular weight is 521 g/mol. The van der Waals surface area contributed by atoms with Gasteiger partial charge in [0.1, 0.15) is 23.4 Å². The third-order valence-corrected chi connectivity index (χ3v) is 5.62. The van der Waals surface area contributed by atoms with Crippen LogP contribution in [0.25, 0.3) is 0 Å². The molecule has 10 nitrogen and oxygen atoms in total. The number of aromatic hydroxyl groups is 1. The zero-order chi connectivity index (χ0) is 28.3. The molecule has 37 heavy (non-hydrogen) atoms. The van der Waals surface area contributed by atoms with Crippen molar-refractivity contribution < 1.29 is 29.0 Å². The van der Waals surface area contributed by atoms with Crippen molar-refractivity contribution in [3.8, 4) is 5.75 Å². The molecule has 0 heterocycles. The Hall–Kier alpha value is -3.30. The Bertz CT molecular complexity index is 941. The number of rotatable bonds is 13. The number of alkyl carbamates (subject to hydrolysis) is 1. The molecular weight excluding hydrogens is 476 g/mol. The standard InChI is InChI=1S/C27H44N4O6/c1-8-9-10-15-29-24(34)23(19-11-13-21(32)18(4)16-19)31(17(2)3)25(35)20(12-14-22(28)33)30-26(36)37-27(5,6)7/h11,13,16-17,20,23,32H,8-10,12,14-15H2,1-7H3,(H2,28,33)(H,29,34)(H,30,36). The van der Waals surface area contributed by atoms with Gasteiger partial charge in [-0.2, -0.15) is 0 Å². The lowest BCUT2D eigenvalue weighted by atomic mass is 9.98. The van der Waals surface area contributed by atoms with Crippen molar-refractivity contribution in [2.45, 2.75) is 104 Å². The van der Waals surface area contributed by atoms with Crippen LogP contribution in [0.4, 0.5) is 4.79 Å². The van der Waals surface area contributed by atoms with Gasteiger partial charge in [-0.25, -0.2) is 4.79 Å². The van der Waals surface area contributed by atoms with Gasteiger partial charge in [-0.1, -0.05) is 25.8 Å². The van der Waals surface area contributed by atoms with Crippen LogP contribution in [0, 0.1) is 6.92 Å². The maximum atomic E-state index is 13.9. The van der Waals surface area contributed by atoms with E-state index in [1.165, 1.54) is 11.0 Å². The normalized spacial score (nSPS) is 13.0. The summed E-state index contributed by atoms with van der Waals surface area (Å²) >= 11 is 0. The number of benzene rings is 1. The molecule has 2 atom stereocenters. The van der Waals surface area contributed by atoms with E-state index < -0.39 is 41.6 Å². The van der Waals surface area contributed by atoms with Gasteiger partial charge in [0.2, 0.25) is 17.7 Å². The van der Waals surface area contributed by atoms with E-state index in [1.54, 1.807) is 53.7 Å². The summed E-state index contributed by atoms with van der Waals surface area (Å²) in [5, 5.41) is 15.5. The molecule has 5 N–H and O–H groups in total. The Labute approximate surface area is 220 Å². The number of phenols is 1. The van der Waals surface area contributed by atoms with E-state index in [2.05, 4.69) is 17.6 Å². The fourth-order valence-electron chi connectivity index (χ4n) is 3.82. The summed E-state index contributed by atoms with van der Waals surface area (Å²) in [7, 11) is 0. The highest BCUT2D eigenvalue weighted by atomic mass is 16.6. The second-order valence-electron chi connectivity index (χ2n) is 10.5. The van der Waals surface area contributed by atoms with Crippen molar-refractivity contribution in [3.63, 3.8) is 0 Å². The van der Waals surface area contributed by atoms with Crippen molar-refractivity contribution in [2.24, 2.45) is 5.73 Å². The Morgan fingerprint density at radius 2 is 1.78 bits per heavy atom. The molecule has 0 aromatic heterocycles. The first-order valence-corrected chi connectivity index (χ1v) is 12.8. The van der Waals surface area contributed by atoms with E-state index in [-0.39, 0.29) is 24.5 Å². The number of nitrogens with two attached hydrogens (primary N) is 1. The molecule has 4 amide bonds. The molecule has 0 saturated heterocycles. The number of amides is 4. The van der Waals surface area contributed by atoms with E-state index in [0.29, 0.717) is 17.7 Å². The summed E-state index contributed by atoms with van der Waals surface area (Å²) in [4.78, 5) is 52.9. The molecule has 0 spiro atoms. The van der Waals surface area contributed by atoms with Gasteiger partial charge in [-0.3, -0.25) is 14.4 Å². The number of nitrogens with one attached hydrogen (secondary N) is 2. The monoisotopic (exact) mass is 520 g/mol. The van der Waals surface area contributed by atoms with Gasteiger partial charge >= 0.3 is 6.09 Å². The highest BCUT2D eigenvalue weighted by molar-refractivity contribution is 5.92. The molecule has 0 aliphatic rings. The van der Waals surface area contributed by atoms with Crippen LogP contribution in [0.1, 0.15) is 90.8 Å². The number of hydrogen-bond donors (Lipinski definition) is 4. The Balaban J connectivity index is 3.45. The molecule has 0 aliphatic carbocycles. The van der Waals surface area contributed by atoms with Gasteiger partial charge in [0, 0.05) is 19.0 Å². The molecule has 0 radical (unpaired) electrons. The number of primary amides is 1. The number of unbranched alkanes of at least 4 members (excludes halogenated alkanes) is 2. The molecule has 10 heteroatoms. The molecule has 1 aromatic carbocycles. The van der Waals surface area contributed by atoms with Crippen LogP contribution in [0.2, 0.25) is 0 Å². The van der Waals surface area contributed by atoms with Crippen LogP contribution in [0.3, 0.4) is 0 Å². The molecule has 0 aliphatic heterocycles. The number of phenolic OH excluding ortho intramolecular Hbond substituents is 1. The molecule has 2 unspecified atom stereocenters. The van der Waals surface area contributed by atoms with E-state index >= 15 is 0 Å². The summed E-state index contributed by atoms with van der Waals surface area (Å²) < 4.78 is 5.32. The second kappa shape index (κ2) is 14.4. The molecule has 1 rings (SSSR count). The first kappa shape index (κ1) is 31.7. The lowest BCUT2D eigenvalue weighted by Crippen LogP contribution is -2.55. The van der Waals surface area contributed by atoms with Crippen molar-refractivity contribution in [1.29, 1.82) is 0 Å². The number of carbonyl (C=O) groups is 4. The van der Waals surface area contributed by atoms with Gasteiger partial charge in [-0.05, 0) is 77.6 Å². The largest absolute Gasteiger partial charge is 0.508 e. The van der Waals surface area contributed by atoms with Gasteiger partial charge < -0.3 is 31.1 Å². The van der Waals surface area contributed by atoms with Crippen LogP contribution in [0.5, 0.6) is 5.75 Å². The minimum Gasteiger partial charge on any atom is -0.508 e. The van der Waals surface area contributed by atoms with Crippen LogP contribution in [-0.4, -0.2) is 58.1 Å². The zero-order valence-electron chi connectivity index (χ0n) is 23.2. The first-order chi connectivity index (χ1) is 17.2. The minimum absolute atomic E-state index is 0.0595. The lowest BCUT2D eigenvalue weighted by molar-refractivity contribution is -0.144. The molecule has 0 fully saturated rings. The van der Waals surface area contributed by atoms with Crippen LogP contribution in [-0.2, 0) is 19.1 Å². The van der Waals surface area contributed by atoms with E-state index in [4.69, 9.17) is 10.5 Å². The van der Waals surface area contributed by atoms with Crippen molar-refractivity contribution >= 4 is 23.8 Å². The molecular formula is C27H44N4O6. The Morgan fingerprint density at radius 3 is 2.30 bits per heavy atom. The number of carbonyl (C=O) groups excluding carboxylic acids is 4. The summed E-state index contributed by atoms with van der Waals surface area (Å²) in [5.41, 5.74) is 5.58. The third-order valence-electron chi connectivity index (χ3n) is 5.62. The molecule has 0 saturated carbocycles. The minimum atomic E-state index is -1.15. The Morgan fingerprint density at radius 1 is 1.14 bits per heavy atom. The number of aryl methyl sites for hydroxylation is 1. The summed E-state index contributed by atoms with van der Waals surface area (Å²) in [6, 6.07) is 2.09. The quantitative estimate of drug-likeness (QED) is 0.293. The fraction of sp³-hybridized carbons (Fsp3) is 0.630. The van der Waals surface area contributed by atoms with Crippen molar-refractivity contribution in [3.05, 3.63) is 29.3 Å². The van der Waals surface area contributed by atoms with Crippen LogP contribution < -0.4 is 16.4 Å². The number of ether oxygens (including phenoxy) is 1. The maximum Gasteiger partial charge on any atom is 0.408 e. The zero-order valence-corrected chi connectivity index (χ0v) is 23.2. The second-order valence-corrected chi connectivity index (χ2v) is 10.5. The number of hydrogen-bond acceptors (Lipinski definition) is 6. The number of nitrogens with zero attached hydrogens (tertiary/aromatic N) is 1. The summed E-state index contributed by atoms with van der Waals surface area (Å²) in [6.07, 6.45) is 1.71. The third kappa shape index (κ3) is 10.7. The van der Waals surface area contributed by atoms with E-state index in [0.717, 1.165) is 19.3 Å². The smallest absolute Gasteiger partial charge is 0.408 e. The summed E-state index contributed by atoms with van der Waals surface area (Å²) in [6.45, 7) is 12.8. The molecule has 0 bridgehead atoms. The predicted molar refractivity (Wildman–Crippen MR) is 142 cm³/mol. The predicted octanol–water partition coefficient (Wildman–Crippen LogP) is 3.44. The van der Waals surface area contributed by atoms with Crippen molar-refractivity contribution in [2.75, 3.05) is 6.54 Å². The Kier molecular flexibility index (Phi) is 12.4. The highest BCUT2D eigenvalue weighted by Crippen LogP contribution is 2.29. The molecule has 208 valence electrons. The highest BCUT2D eigenvalue weighted by Gasteiger charge is 2.38. The average Bonchev–Trinajstić information content (AvgIpc) is 2.77. The van der Waals surface area contributed by atoms with Gasteiger partial charge in [0.15, 0.2) is 0 Å². The summed E-state index contributed by atoms with van der Waals surface area (Å²) in [5.74, 6) is -1.49. The van der Waals surface area contributed by atoms with Crippen LogP contribution >= 0.6 is 0 Å².